The van der Waals surface area contributed by atoms with Crippen molar-refractivity contribution >= 4 is 5.84 Å². The van der Waals surface area contributed by atoms with Gasteiger partial charge in [-0.25, -0.2) is 0 Å². The first kappa shape index (κ1) is 13.8. The predicted octanol–water partition coefficient (Wildman–Crippen LogP) is 2.45. The van der Waals surface area contributed by atoms with Crippen LogP contribution in [0.5, 0.6) is 0 Å². The zero-order valence-corrected chi connectivity index (χ0v) is 11.4. The van der Waals surface area contributed by atoms with Crippen molar-refractivity contribution in [3.63, 3.8) is 0 Å². The third-order valence-electron chi connectivity index (χ3n) is 3.02. The van der Waals surface area contributed by atoms with E-state index in [1.165, 1.54) is 11.1 Å². The summed E-state index contributed by atoms with van der Waals surface area (Å²) in [7, 11) is 0. The van der Waals surface area contributed by atoms with Crippen molar-refractivity contribution in [2.24, 2.45) is 4.99 Å². The first-order valence-electron chi connectivity index (χ1n) is 6.45. The van der Waals surface area contributed by atoms with E-state index in [-0.39, 0.29) is 0 Å². The summed E-state index contributed by atoms with van der Waals surface area (Å²) in [5.41, 5.74) is 3.36. The van der Waals surface area contributed by atoms with Crippen LogP contribution in [0.2, 0.25) is 0 Å². The third-order valence-corrected chi connectivity index (χ3v) is 3.02. The first-order valence-corrected chi connectivity index (χ1v) is 6.45. The molecule has 4 heteroatoms. The van der Waals surface area contributed by atoms with Crippen LogP contribution in [0.15, 0.2) is 53.8 Å². The maximum Gasteiger partial charge on any atom is 0.182 e. The second-order valence-corrected chi connectivity index (χ2v) is 4.39. The van der Waals surface area contributed by atoms with Crippen LogP contribution in [0, 0.1) is 18.4 Å². The van der Waals surface area contributed by atoms with E-state index in [2.05, 4.69) is 34.3 Å². The molecule has 0 atom stereocenters. The average Bonchev–Trinajstić information content (AvgIpc) is 2.49. The standard InChI is InChI=1S/C16H16N4/c1-13-5-2-3-6-14(13)8-10-19-16(20-12-17)15-7-4-9-18-11-15/h2-7,9,11H,8,10H2,1H3,(H,19,20). The summed E-state index contributed by atoms with van der Waals surface area (Å²) in [6.45, 7) is 2.72. The van der Waals surface area contributed by atoms with Crippen molar-refractivity contribution in [1.29, 1.82) is 5.26 Å². The SMILES string of the molecule is Cc1ccccc1CCN=C(NC#N)c1cccnc1. The molecule has 4 nitrogen and oxygen atoms in total. The fourth-order valence-corrected chi connectivity index (χ4v) is 1.94. The number of hydrogen-bond donors (Lipinski definition) is 1. The van der Waals surface area contributed by atoms with Gasteiger partial charge in [0, 0.05) is 24.5 Å². The number of amidine groups is 1. The van der Waals surface area contributed by atoms with E-state index in [4.69, 9.17) is 5.26 Å². The molecular weight excluding hydrogens is 248 g/mol. The van der Waals surface area contributed by atoms with E-state index in [1.54, 1.807) is 12.4 Å². The van der Waals surface area contributed by atoms with E-state index in [0.717, 1.165) is 12.0 Å². The fourth-order valence-electron chi connectivity index (χ4n) is 1.94. The van der Waals surface area contributed by atoms with Gasteiger partial charge in [0.05, 0.1) is 0 Å². The molecule has 100 valence electrons. The molecule has 1 N–H and O–H groups in total. The lowest BCUT2D eigenvalue weighted by molar-refractivity contribution is 0.948. The van der Waals surface area contributed by atoms with Crippen molar-refractivity contribution in [2.45, 2.75) is 13.3 Å². The van der Waals surface area contributed by atoms with Crippen molar-refractivity contribution in [3.8, 4) is 6.19 Å². The van der Waals surface area contributed by atoms with Gasteiger partial charge in [0.15, 0.2) is 6.19 Å². The fraction of sp³-hybridized carbons (Fsp3) is 0.188. The number of rotatable bonds is 4. The van der Waals surface area contributed by atoms with Crippen molar-refractivity contribution in [1.82, 2.24) is 10.3 Å². The Kier molecular flexibility index (Phi) is 4.85. The molecule has 1 heterocycles. The van der Waals surface area contributed by atoms with Crippen molar-refractivity contribution < 1.29 is 0 Å². The smallest absolute Gasteiger partial charge is 0.182 e. The number of nitriles is 1. The molecular formula is C16H16N4. The van der Waals surface area contributed by atoms with E-state index in [1.807, 2.05) is 30.5 Å². The Hall–Kier alpha value is -2.67. The molecule has 0 fully saturated rings. The molecule has 0 radical (unpaired) electrons. The Morgan fingerprint density at radius 3 is 2.85 bits per heavy atom. The third kappa shape index (κ3) is 3.66. The van der Waals surface area contributed by atoms with E-state index in [0.29, 0.717) is 12.4 Å². The molecule has 1 aromatic carbocycles. The van der Waals surface area contributed by atoms with Gasteiger partial charge in [-0.3, -0.25) is 15.3 Å². The summed E-state index contributed by atoms with van der Waals surface area (Å²) >= 11 is 0. The van der Waals surface area contributed by atoms with Crippen LogP contribution in [-0.2, 0) is 6.42 Å². The molecule has 2 rings (SSSR count). The van der Waals surface area contributed by atoms with E-state index in [9.17, 15) is 0 Å². The highest BCUT2D eigenvalue weighted by Crippen LogP contribution is 2.08. The number of aliphatic imine (C=N–C) groups is 1. The zero-order valence-electron chi connectivity index (χ0n) is 11.4. The predicted molar refractivity (Wildman–Crippen MR) is 79.3 cm³/mol. The van der Waals surface area contributed by atoms with Gasteiger partial charge in [-0.2, -0.15) is 5.26 Å². The lowest BCUT2D eigenvalue weighted by Gasteiger charge is -2.05. The van der Waals surface area contributed by atoms with Gasteiger partial charge in [-0.05, 0) is 36.6 Å². The van der Waals surface area contributed by atoms with Crippen LogP contribution in [0.25, 0.3) is 0 Å². The molecule has 0 unspecified atom stereocenters. The van der Waals surface area contributed by atoms with Gasteiger partial charge in [-0.15, -0.1) is 0 Å². The number of benzene rings is 1. The quantitative estimate of drug-likeness (QED) is 0.399. The minimum atomic E-state index is 0.564. The largest absolute Gasteiger partial charge is 0.277 e. The minimum absolute atomic E-state index is 0.564. The van der Waals surface area contributed by atoms with Crippen LogP contribution >= 0.6 is 0 Å². The Labute approximate surface area is 118 Å². The molecule has 0 aliphatic carbocycles. The highest BCUT2D eigenvalue weighted by Gasteiger charge is 2.02. The molecule has 0 spiro atoms. The average molecular weight is 264 g/mol. The normalized spacial score (nSPS) is 10.9. The molecule has 0 aliphatic heterocycles. The summed E-state index contributed by atoms with van der Waals surface area (Å²) in [6, 6.07) is 12.0. The summed E-state index contributed by atoms with van der Waals surface area (Å²) in [5, 5.41) is 11.4. The Morgan fingerprint density at radius 2 is 2.15 bits per heavy atom. The molecule has 0 saturated heterocycles. The molecule has 20 heavy (non-hydrogen) atoms. The molecule has 2 aromatic rings. The van der Waals surface area contributed by atoms with Gasteiger partial charge >= 0.3 is 0 Å². The molecule has 0 bridgehead atoms. The van der Waals surface area contributed by atoms with Crippen LogP contribution in [0.3, 0.4) is 0 Å². The molecule has 0 saturated carbocycles. The van der Waals surface area contributed by atoms with Gasteiger partial charge in [0.25, 0.3) is 0 Å². The zero-order chi connectivity index (χ0) is 14.2. The monoisotopic (exact) mass is 264 g/mol. The summed E-state index contributed by atoms with van der Waals surface area (Å²) in [5.74, 6) is 0.564. The topological polar surface area (TPSA) is 61.1 Å². The number of aromatic nitrogens is 1. The second-order valence-electron chi connectivity index (χ2n) is 4.39. The maximum absolute atomic E-state index is 8.80. The minimum Gasteiger partial charge on any atom is -0.277 e. The van der Waals surface area contributed by atoms with Gasteiger partial charge in [0.1, 0.15) is 5.84 Å². The Morgan fingerprint density at radius 1 is 1.30 bits per heavy atom. The number of nitrogens with zero attached hydrogens (tertiary/aromatic N) is 3. The van der Waals surface area contributed by atoms with Gasteiger partial charge < -0.3 is 0 Å². The van der Waals surface area contributed by atoms with Crippen molar-refractivity contribution in [2.75, 3.05) is 6.54 Å². The molecule has 0 amide bonds. The van der Waals surface area contributed by atoms with Crippen LogP contribution in [0.1, 0.15) is 16.7 Å². The lowest BCUT2D eigenvalue weighted by atomic mass is 10.1. The Balaban J connectivity index is 2.08. The van der Waals surface area contributed by atoms with Crippen LogP contribution in [0.4, 0.5) is 0 Å². The summed E-state index contributed by atoms with van der Waals surface area (Å²) < 4.78 is 0. The van der Waals surface area contributed by atoms with E-state index >= 15 is 0 Å². The molecule has 0 aliphatic rings. The Bertz CT molecular complexity index is 626. The van der Waals surface area contributed by atoms with Gasteiger partial charge in [-0.1, -0.05) is 24.3 Å². The first-order chi connectivity index (χ1) is 9.81. The van der Waals surface area contributed by atoms with E-state index < -0.39 is 0 Å². The molecule has 1 aromatic heterocycles. The maximum atomic E-state index is 8.80. The highest BCUT2D eigenvalue weighted by atomic mass is 15.0. The van der Waals surface area contributed by atoms with Crippen molar-refractivity contribution in [3.05, 3.63) is 65.5 Å². The van der Waals surface area contributed by atoms with Gasteiger partial charge in [0.2, 0.25) is 0 Å². The lowest BCUT2D eigenvalue weighted by Crippen LogP contribution is -2.20. The number of pyridine rings is 1. The summed E-state index contributed by atoms with van der Waals surface area (Å²) in [6.07, 6.45) is 6.16. The summed E-state index contributed by atoms with van der Waals surface area (Å²) in [4.78, 5) is 8.50. The van der Waals surface area contributed by atoms with Crippen LogP contribution in [-0.4, -0.2) is 17.4 Å². The number of nitrogens with one attached hydrogen (secondary N) is 1. The number of aryl methyl sites for hydroxylation is 1. The van der Waals surface area contributed by atoms with Crippen LogP contribution < -0.4 is 5.32 Å². The highest BCUT2D eigenvalue weighted by molar-refractivity contribution is 5.99. The number of hydrogen-bond acceptors (Lipinski definition) is 3. The second kappa shape index (κ2) is 7.05.